The minimum atomic E-state index is 1.00. The Morgan fingerprint density at radius 2 is 1.64 bits per heavy atom. The van der Waals surface area contributed by atoms with Crippen LogP contribution in [-0.2, 0) is 0 Å². The van der Waals surface area contributed by atoms with Crippen LogP contribution in [0.4, 0.5) is 0 Å². The van der Waals surface area contributed by atoms with Crippen molar-refractivity contribution in [2.45, 2.75) is 34.6 Å². The summed E-state index contributed by atoms with van der Waals surface area (Å²) in [6.07, 6.45) is 0. The number of nitrogens with one attached hydrogen (secondary N) is 1. The first kappa shape index (κ1) is 8.04. The Hall–Kier alpha value is -1.31. The predicted molar refractivity (Wildman–Crippen MR) is 59.8 cm³/mol. The molecule has 0 radical (unpaired) electrons. The van der Waals surface area contributed by atoms with E-state index in [1.807, 2.05) is 27.7 Å². The van der Waals surface area contributed by atoms with Crippen molar-refractivity contribution in [3.8, 4) is 0 Å². The van der Waals surface area contributed by atoms with Crippen molar-refractivity contribution < 1.29 is 1.41 Å². The standard InChI is InChI=1S/C12H16N2/c1-6-8(3)14-12-7(2)9(4)13-10(5)11(6)12/h14H,1-5H3/i/hD. The van der Waals surface area contributed by atoms with E-state index in [4.69, 9.17) is 1.41 Å². The Kier molecular flexibility index (Phi) is 1.63. The number of aryl methyl sites for hydroxylation is 4. The molecular weight excluding hydrogens is 172 g/mol. The van der Waals surface area contributed by atoms with Crippen molar-refractivity contribution in [3.05, 3.63) is 28.2 Å². The Labute approximate surface area is 85.8 Å². The maximum Gasteiger partial charge on any atom is 0.166 e. The molecule has 1 N–H and O–H groups in total. The van der Waals surface area contributed by atoms with Gasteiger partial charge in [0, 0.05) is 22.5 Å². The molecule has 0 aliphatic heterocycles. The molecule has 0 saturated carbocycles. The van der Waals surface area contributed by atoms with E-state index in [0.29, 0.717) is 0 Å². The summed E-state index contributed by atoms with van der Waals surface area (Å²) in [6.45, 7) is 10.1. The Balaban J connectivity index is 3.10. The normalized spacial score (nSPS) is 12.2. The Bertz CT molecular complexity index is 553. The van der Waals surface area contributed by atoms with E-state index >= 15 is 0 Å². The molecule has 2 rings (SSSR count). The van der Waals surface area contributed by atoms with E-state index in [0.717, 1.165) is 33.5 Å². The van der Waals surface area contributed by atoms with E-state index in [9.17, 15) is 0 Å². The van der Waals surface area contributed by atoms with Crippen LogP contribution in [0.25, 0.3) is 10.9 Å². The van der Waals surface area contributed by atoms with E-state index in [1.54, 1.807) is 0 Å². The summed E-state index contributed by atoms with van der Waals surface area (Å²) in [6, 6.07) is 0. The average Bonchev–Trinajstić information content (AvgIpc) is 2.40. The summed E-state index contributed by atoms with van der Waals surface area (Å²) >= 11 is 0. The van der Waals surface area contributed by atoms with Crippen molar-refractivity contribution in [1.29, 1.82) is 0 Å². The lowest BCUT2D eigenvalue weighted by molar-refractivity contribution is 1.11. The van der Waals surface area contributed by atoms with Crippen molar-refractivity contribution >= 4 is 10.9 Å². The number of pyridine rings is 1. The lowest BCUT2D eigenvalue weighted by Crippen LogP contribution is -1.92. The van der Waals surface area contributed by atoms with Crippen LogP contribution in [-0.4, -0.2) is 9.96 Å². The van der Waals surface area contributed by atoms with Gasteiger partial charge in [0.1, 0.15) is 0 Å². The number of rotatable bonds is 0. The molecule has 0 aromatic carbocycles. The van der Waals surface area contributed by atoms with E-state index < -0.39 is 0 Å². The van der Waals surface area contributed by atoms with E-state index in [2.05, 4.69) is 11.9 Å². The van der Waals surface area contributed by atoms with Crippen LogP contribution < -0.4 is 0 Å². The third-order valence-electron chi connectivity index (χ3n) is 3.03. The van der Waals surface area contributed by atoms with Gasteiger partial charge in [-0.2, -0.15) is 0 Å². The van der Waals surface area contributed by atoms with Gasteiger partial charge < -0.3 is 4.98 Å². The minimum Gasteiger partial charge on any atom is -0.358 e. The van der Waals surface area contributed by atoms with Crippen LogP contribution in [0.2, 0.25) is 1.41 Å². The zero-order valence-electron chi connectivity index (χ0n) is 10.4. The zero-order chi connectivity index (χ0) is 11.3. The second-order valence-electron chi connectivity index (χ2n) is 3.95. The van der Waals surface area contributed by atoms with Crippen molar-refractivity contribution in [2.75, 3.05) is 0 Å². The fourth-order valence-electron chi connectivity index (χ4n) is 1.94. The number of hydrogen-bond donors (Lipinski definition) is 1. The van der Waals surface area contributed by atoms with E-state index in [1.165, 1.54) is 10.5 Å². The summed E-state index contributed by atoms with van der Waals surface area (Å²) in [4.78, 5) is 6.05. The van der Waals surface area contributed by atoms with Crippen molar-refractivity contribution in [1.82, 2.24) is 9.96 Å². The summed E-state index contributed by atoms with van der Waals surface area (Å²) in [5.74, 6) is 0. The molecule has 0 aliphatic rings. The van der Waals surface area contributed by atoms with Gasteiger partial charge in [0.2, 0.25) is 0 Å². The fraction of sp³-hybridized carbons (Fsp3) is 0.417. The smallest absolute Gasteiger partial charge is 0.166 e. The summed E-state index contributed by atoms with van der Waals surface area (Å²) in [5, 5.41) is 1.14. The molecular formula is C12H16N2. The highest BCUT2D eigenvalue weighted by Crippen LogP contribution is 2.27. The number of H-pyrrole nitrogens is 1. The third-order valence-corrected chi connectivity index (χ3v) is 3.03. The largest absolute Gasteiger partial charge is 0.358 e. The van der Waals surface area contributed by atoms with Gasteiger partial charge in [0.05, 0.1) is 5.52 Å². The molecule has 2 aromatic heterocycles. The molecule has 0 aliphatic carbocycles. The SMILES string of the molecule is [2H]n1c(C)c(C)c2c(C)nc(C)c(C)c21. The van der Waals surface area contributed by atoms with Crippen LogP contribution in [0, 0.1) is 34.6 Å². The number of aromatic nitrogens is 2. The van der Waals surface area contributed by atoms with Crippen molar-refractivity contribution in [3.63, 3.8) is 0 Å². The van der Waals surface area contributed by atoms with Gasteiger partial charge in [0.25, 0.3) is 0 Å². The van der Waals surface area contributed by atoms with Crippen LogP contribution in [0.15, 0.2) is 0 Å². The molecule has 2 aromatic rings. The molecule has 0 amide bonds. The monoisotopic (exact) mass is 189 g/mol. The van der Waals surface area contributed by atoms with Gasteiger partial charge in [-0.05, 0) is 45.7 Å². The van der Waals surface area contributed by atoms with Crippen LogP contribution in [0.1, 0.15) is 28.2 Å². The van der Waals surface area contributed by atoms with Gasteiger partial charge in [-0.25, -0.2) is 0 Å². The van der Waals surface area contributed by atoms with Gasteiger partial charge in [-0.1, -0.05) is 0 Å². The average molecular weight is 189 g/mol. The molecule has 0 bridgehead atoms. The highest BCUT2D eigenvalue weighted by molar-refractivity contribution is 5.89. The van der Waals surface area contributed by atoms with Gasteiger partial charge in [-0.15, -0.1) is 0 Å². The zero-order valence-corrected chi connectivity index (χ0v) is 9.39. The van der Waals surface area contributed by atoms with Crippen LogP contribution in [0.5, 0.6) is 0 Å². The third kappa shape index (κ3) is 1.07. The molecule has 14 heavy (non-hydrogen) atoms. The first-order valence-corrected chi connectivity index (χ1v) is 4.89. The fourth-order valence-corrected chi connectivity index (χ4v) is 1.94. The summed E-state index contributed by atoms with van der Waals surface area (Å²) in [5.41, 5.74) is 6.35. The maximum atomic E-state index is 8.03. The van der Waals surface area contributed by atoms with Gasteiger partial charge >= 0.3 is 0 Å². The minimum absolute atomic E-state index is 1.00. The first-order valence-electron chi connectivity index (χ1n) is 5.34. The lowest BCUT2D eigenvalue weighted by atomic mass is 10.1. The molecule has 0 unspecified atom stereocenters. The Morgan fingerprint density at radius 3 is 2.29 bits per heavy atom. The number of fused-ring (bicyclic) bond motifs is 1. The second-order valence-corrected chi connectivity index (χ2v) is 3.95. The highest BCUT2D eigenvalue weighted by atomic mass is 14.8. The van der Waals surface area contributed by atoms with E-state index in [-0.39, 0.29) is 0 Å². The van der Waals surface area contributed by atoms with Gasteiger partial charge in [0.15, 0.2) is 1.41 Å². The molecule has 74 valence electrons. The second kappa shape index (κ2) is 2.84. The molecule has 0 atom stereocenters. The molecule has 0 spiro atoms. The number of nitrogens with zero attached hydrogens (tertiary/aromatic N) is 1. The predicted octanol–water partition coefficient (Wildman–Crippen LogP) is 3.11. The quantitative estimate of drug-likeness (QED) is 0.677. The molecule has 2 heteroatoms. The molecule has 0 saturated heterocycles. The molecule has 2 nitrogen and oxygen atoms in total. The maximum absolute atomic E-state index is 8.03. The van der Waals surface area contributed by atoms with Crippen molar-refractivity contribution in [2.24, 2.45) is 0 Å². The number of aromatic amines is 1. The highest BCUT2D eigenvalue weighted by Gasteiger charge is 2.11. The summed E-state index contributed by atoms with van der Waals surface area (Å²) in [7, 11) is 0. The molecule has 0 fully saturated rings. The van der Waals surface area contributed by atoms with Crippen LogP contribution in [0.3, 0.4) is 0 Å². The summed E-state index contributed by atoms with van der Waals surface area (Å²) < 4.78 is 8.03. The number of hydrogen-bond acceptors (Lipinski definition) is 1. The lowest BCUT2D eigenvalue weighted by Gasteiger charge is -2.04. The van der Waals surface area contributed by atoms with Crippen LogP contribution >= 0.6 is 0 Å². The van der Waals surface area contributed by atoms with Gasteiger partial charge in [-0.3, -0.25) is 4.98 Å². The Morgan fingerprint density at radius 1 is 1.00 bits per heavy atom. The topological polar surface area (TPSA) is 28.7 Å². The molecule has 2 heterocycles. The first-order chi connectivity index (χ1) is 6.95.